The van der Waals surface area contributed by atoms with Crippen molar-refractivity contribution in [1.82, 2.24) is 0 Å². The van der Waals surface area contributed by atoms with E-state index < -0.39 is 5.41 Å². The number of rotatable bonds is 3. The van der Waals surface area contributed by atoms with Crippen molar-refractivity contribution < 1.29 is 9.15 Å². The number of hydrogen-bond donors (Lipinski definition) is 0. The van der Waals surface area contributed by atoms with Crippen LogP contribution in [0, 0.1) is 0 Å². The van der Waals surface area contributed by atoms with E-state index in [1.807, 2.05) is 12.1 Å². The lowest BCUT2D eigenvalue weighted by molar-refractivity contribution is 0.436. The maximum absolute atomic E-state index is 6.86. The van der Waals surface area contributed by atoms with Gasteiger partial charge >= 0.3 is 0 Å². The van der Waals surface area contributed by atoms with Crippen LogP contribution in [0.1, 0.15) is 22.3 Å². The lowest BCUT2D eigenvalue weighted by atomic mass is 9.66. The van der Waals surface area contributed by atoms with Gasteiger partial charge in [-0.1, -0.05) is 133 Å². The summed E-state index contributed by atoms with van der Waals surface area (Å²) < 4.78 is 13.0. The molecule has 0 atom stereocenters. The van der Waals surface area contributed by atoms with E-state index in [2.05, 4.69) is 170 Å². The fourth-order valence-corrected chi connectivity index (χ4v) is 8.70. The van der Waals surface area contributed by atoms with Crippen LogP contribution in [-0.4, -0.2) is 0 Å². The monoisotopic (exact) mass is 650 g/mol. The highest BCUT2D eigenvalue weighted by Crippen LogP contribution is 2.62. The molecule has 51 heavy (non-hydrogen) atoms. The number of furan rings is 1. The summed E-state index contributed by atoms with van der Waals surface area (Å²) in [5.74, 6) is 1.78. The minimum atomic E-state index is -0.476. The molecule has 1 aromatic heterocycles. The van der Waals surface area contributed by atoms with Gasteiger partial charge in [-0.25, -0.2) is 0 Å². The third kappa shape index (κ3) is 4.05. The van der Waals surface area contributed by atoms with Crippen molar-refractivity contribution in [3.05, 3.63) is 204 Å². The van der Waals surface area contributed by atoms with Crippen LogP contribution in [0.25, 0.3) is 66.4 Å². The second kappa shape index (κ2) is 10.7. The Balaban J connectivity index is 1.13. The minimum Gasteiger partial charge on any atom is -0.457 e. The molecule has 0 saturated heterocycles. The second-order valence-electron chi connectivity index (χ2n) is 13.6. The van der Waals surface area contributed by atoms with Crippen molar-refractivity contribution in [3.8, 4) is 56.0 Å². The topological polar surface area (TPSA) is 22.4 Å². The smallest absolute Gasteiger partial charge is 0.135 e. The molecule has 0 radical (unpaired) electrons. The van der Waals surface area contributed by atoms with E-state index in [0.29, 0.717) is 0 Å². The average Bonchev–Trinajstić information content (AvgIpc) is 3.72. The molecule has 2 heteroatoms. The number of fused-ring (bicyclic) bond motifs is 12. The predicted molar refractivity (Wildman–Crippen MR) is 207 cm³/mol. The summed E-state index contributed by atoms with van der Waals surface area (Å²) in [6, 6.07) is 65.5. The summed E-state index contributed by atoms with van der Waals surface area (Å²) in [5.41, 5.74) is 15.7. The summed E-state index contributed by atoms with van der Waals surface area (Å²) in [6.07, 6.45) is 0. The molecule has 238 valence electrons. The highest BCUT2D eigenvalue weighted by molar-refractivity contribution is 6.06. The summed E-state index contributed by atoms with van der Waals surface area (Å²) in [7, 11) is 0. The molecule has 2 heterocycles. The molecule has 0 saturated carbocycles. The Hall–Kier alpha value is -6.64. The zero-order chi connectivity index (χ0) is 33.5. The van der Waals surface area contributed by atoms with Gasteiger partial charge in [-0.15, -0.1) is 0 Å². The van der Waals surface area contributed by atoms with Crippen LogP contribution in [-0.2, 0) is 5.41 Å². The zero-order valence-corrected chi connectivity index (χ0v) is 27.6. The third-order valence-electron chi connectivity index (χ3n) is 10.9. The Morgan fingerprint density at radius 2 is 0.863 bits per heavy atom. The molecule has 11 rings (SSSR count). The number of hydrogen-bond acceptors (Lipinski definition) is 2. The van der Waals surface area contributed by atoms with E-state index >= 15 is 0 Å². The van der Waals surface area contributed by atoms with Crippen molar-refractivity contribution in [2.75, 3.05) is 0 Å². The average molecular weight is 651 g/mol. The number of benzene rings is 8. The van der Waals surface area contributed by atoms with Gasteiger partial charge in [0.1, 0.15) is 22.7 Å². The van der Waals surface area contributed by atoms with Crippen LogP contribution in [0.4, 0.5) is 0 Å². The summed E-state index contributed by atoms with van der Waals surface area (Å²) >= 11 is 0. The molecule has 1 aliphatic heterocycles. The maximum Gasteiger partial charge on any atom is 0.135 e. The molecular formula is C49H30O2. The lowest BCUT2D eigenvalue weighted by Crippen LogP contribution is -2.32. The van der Waals surface area contributed by atoms with Crippen LogP contribution < -0.4 is 4.74 Å². The Morgan fingerprint density at radius 1 is 0.314 bits per heavy atom. The SMILES string of the molecule is c1ccc(-c2cc(-c3ccc4c(c3)Oc3ccccc3C43c4ccccc4-c4ccccc43)cc(-c3ccc4oc5ccccc5c4c3)c2)cc1. The van der Waals surface area contributed by atoms with Crippen LogP contribution in [0.15, 0.2) is 186 Å². The number of para-hydroxylation sites is 2. The maximum atomic E-state index is 6.86. The summed E-state index contributed by atoms with van der Waals surface area (Å²) in [5, 5.41) is 2.25. The highest BCUT2D eigenvalue weighted by Gasteiger charge is 2.50. The quantitative estimate of drug-likeness (QED) is 0.190. The third-order valence-corrected chi connectivity index (χ3v) is 10.9. The fourth-order valence-electron chi connectivity index (χ4n) is 8.70. The standard InChI is InChI=1S/C49H30O2/c1-2-12-31(13-3-1)34-26-35(32-23-25-46-40(29-32)39-16-6-10-20-45(39)50-46)28-36(27-34)33-22-24-44-48(30-33)51-47-21-11-9-19-43(47)49(44)41-17-7-4-14-37(41)38-15-5-8-18-42(38)49/h1-30H. The Labute approximate surface area is 295 Å². The van der Waals surface area contributed by atoms with E-state index in [0.717, 1.165) is 55.7 Å². The molecule has 9 aromatic rings. The van der Waals surface area contributed by atoms with Crippen LogP contribution in [0.5, 0.6) is 11.5 Å². The molecule has 2 nitrogen and oxygen atoms in total. The van der Waals surface area contributed by atoms with Gasteiger partial charge in [0.05, 0.1) is 5.41 Å². The van der Waals surface area contributed by atoms with Gasteiger partial charge in [0.2, 0.25) is 0 Å². The molecule has 1 spiro atoms. The first-order valence-electron chi connectivity index (χ1n) is 17.5. The van der Waals surface area contributed by atoms with E-state index in [-0.39, 0.29) is 0 Å². The van der Waals surface area contributed by atoms with Crippen molar-refractivity contribution in [3.63, 3.8) is 0 Å². The van der Waals surface area contributed by atoms with Crippen molar-refractivity contribution in [2.45, 2.75) is 5.41 Å². The first-order valence-corrected chi connectivity index (χ1v) is 17.5. The predicted octanol–water partition coefficient (Wildman–Crippen LogP) is 13.1. The van der Waals surface area contributed by atoms with Crippen LogP contribution in [0.3, 0.4) is 0 Å². The molecule has 8 aromatic carbocycles. The number of ether oxygens (including phenoxy) is 1. The van der Waals surface area contributed by atoms with E-state index in [9.17, 15) is 0 Å². The molecule has 0 unspecified atom stereocenters. The van der Waals surface area contributed by atoms with Gasteiger partial charge in [-0.3, -0.25) is 0 Å². The first kappa shape index (κ1) is 28.2. The zero-order valence-electron chi connectivity index (χ0n) is 27.6. The van der Waals surface area contributed by atoms with Crippen LogP contribution in [0.2, 0.25) is 0 Å². The van der Waals surface area contributed by atoms with Crippen molar-refractivity contribution >= 4 is 21.9 Å². The molecule has 2 aliphatic rings. The molecule has 0 fully saturated rings. The largest absolute Gasteiger partial charge is 0.457 e. The van der Waals surface area contributed by atoms with Crippen molar-refractivity contribution in [2.24, 2.45) is 0 Å². The van der Waals surface area contributed by atoms with Gasteiger partial charge in [0.25, 0.3) is 0 Å². The lowest BCUT2D eigenvalue weighted by Gasteiger charge is -2.39. The van der Waals surface area contributed by atoms with Crippen molar-refractivity contribution in [1.29, 1.82) is 0 Å². The van der Waals surface area contributed by atoms with Gasteiger partial charge in [0.15, 0.2) is 0 Å². The van der Waals surface area contributed by atoms with Gasteiger partial charge in [-0.2, -0.15) is 0 Å². The normalized spacial score (nSPS) is 13.4. The fraction of sp³-hybridized carbons (Fsp3) is 0.0204. The van der Waals surface area contributed by atoms with Gasteiger partial charge < -0.3 is 9.15 Å². The molecular weight excluding hydrogens is 621 g/mol. The molecule has 0 amide bonds. The molecule has 0 bridgehead atoms. The van der Waals surface area contributed by atoms with E-state index in [1.54, 1.807) is 0 Å². The first-order chi connectivity index (χ1) is 25.3. The van der Waals surface area contributed by atoms with Gasteiger partial charge in [0, 0.05) is 21.9 Å². The highest BCUT2D eigenvalue weighted by atomic mass is 16.5. The van der Waals surface area contributed by atoms with Crippen LogP contribution >= 0.6 is 0 Å². The Morgan fingerprint density at radius 3 is 1.63 bits per heavy atom. The molecule has 1 aliphatic carbocycles. The minimum absolute atomic E-state index is 0.476. The summed E-state index contributed by atoms with van der Waals surface area (Å²) in [4.78, 5) is 0. The van der Waals surface area contributed by atoms with E-state index in [1.165, 1.54) is 44.5 Å². The Bertz CT molecular complexity index is 2790. The second-order valence-corrected chi connectivity index (χ2v) is 13.6. The summed E-state index contributed by atoms with van der Waals surface area (Å²) in [6.45, 7) is 0. The van der Waals surface area contributed by atoms with Gasteiger partial charge in [-0.05, 0) is 104 Å². The van der Waals surface area contributed by atoms with E-state index in [4.69, 9.17) is 9.15 Å². The molecule has 0 N–H and O–H groups in total. The Kier molecular flexibility index (Phi) is 5.91.